The summed E-state index contributed by atoms with van der Waals surface area (Å²) in [5, 5.41) is 1.94. The van der Waals surface area contributed by atoms with Gasteiger partial charge in [0.2, 0.25) is 0 Å². The fourth-order valence-electron chi connectivity index (χ4n) is 15.4. The van der Waals surface area contributed by atoms with Crippen LogP contribution in [0.5, 0.6) is 34.5 Å². The maximum Gasteiger partial charge on any atom is 0.514 e. The van der Waals surface area contributed by atoms with Gasteiger partial charge in [0.05, 0.1) is 61.6 Å². The molecule has 0 saturated heterocycles. The van der Waals surface area contributed by atoms with Crippen molar-refractivity contribution in [3.63, 3.8) is 0 Å². The molecule has 0 aliphatic carbocycles. The van der Waals surface area contributed by atoms with Crippen molar-refractivity contribution in [2.24, 2.45) is 0 Å². The SMILES string of the molecule is CC(C)(C)OC(=O)Oc1ccc([S+](c2ccccc2)c2ccc(I)cc2)cc1.CC(C)(C)OC(=O)Oc1ccc([S+](c2ccccc2)c2ccccc2)c2ccccc12.CC(C)c1cc([S+](c2ccccc2)c2ccccc2)cc(C(C)C)c1OC(=O)OC(C)(C)C.COc1ccc([S+](c2ccccc2)c2ccc(OC(=O)OC(C)(C)C)cc2)cc1.Cc1cc(OC(=O)OC(C)(C)C)cc(C)c1[S+](c1ccccc1)c1ccccc1. The fraction of sp³-hybridized carbons (Fsp3) is 0.227. The van der Waals surface area contributed by atoms with Crippen molar-refractivity contribution in [3.8, 4) is 34.5 Å². The van der Waals surface area contributed by atoms with E-state index in [0.717, 1.165) is 48.6 Å². The van der Waals surface area contributed by atoms with Crippen molar-refractivity contribution in [1.82, 2.24) is 0 Å². The van der Waals surface area contributed by atoms with Crippen LogP contribution in [0.1, 0.15) is 166 Å². The Morgan fingerprint density at radius 2 is 0.480 bits per heavy atom. The number of carbonyl (C=O) groups excluding carboxylic acids is 5. The van der Waals surface area contributed by atoms with Gasteiger partial charge in [-0.25, -0.2) is 24.0 Å². The molecule has 16 aromatic rings. The lowest BCUT2D eigenvalue weighted by Gasteiger charge is -2.23. The van der Waals surface area contributed by atoms with Crippen LogP contribution in [0.3, 0.4) is 0 Å². The van der Waals surface area contributed by atoms with Gasteiger partial charge in [-0.1, -0.05) is 191 Å². The molecule has 150 heavy (non-hydrogen) atoms. The van der Waals surface area contributed by atoms with E-state index in [1.807, 2.05) is 229 Å². The monoisotopic (exact) mass is 2210 g/mol. The van der Waals surface area contributed by atoms with Crippen LogP contribution in [0.2, 0.25) is 0 Å². The summed E-state index contributed by atoms with van der Waals surface area (Å²) in [7, 11) is 0.317. The molecule has 0 bridgehead atoms. The van der Waals surface area contributed by atoms with Crippen LogP contribution in [0.15, 0.2) is 474 Å². The van der Waals surface area contributed by atoms with Gasteiger partial charge in [0.25, 0.3) is 0 Å². The fourth-order valence-corrected chi connectivity index (χ4v) is 26.6. The molecule has 0 saturated carbocycles. The molecule has 2 atom stereocenters. The molecule has 0 aliphatic rings. The lowest BCUT2D eigenvalue weighted by Crippen LogP contribution is -2.26. The maximum atomic E-state index is 12.6. The van der Waals surface area contributed by atoms with Gasteiger partial charge in [-0.3, -0.25) is 0 Å². The summed E-state index contributed by atoms with van der Waals surface area (Å²) in [4.78, 5) is 79.0. The summed E-state index contributed by atoms with van der Waals surface area (Å²) >= 11 is 2.32. The quantitative estimate of drug-likeness (QED) is 0.0193. The minimum absolute atomic E-state index is 0.178. The van der Waals surface area contributed by atoms with Gasteiger partial charge in [0.15, 0.2) is 73.4 Å². The minimum Gasteiger partial charge on any atom is -0.497 e. The van der Waals surface area contributed by atoms with Crippen LogP contribution in [0.25, 0.3) is 10.8 Å². The number of rotatable bonds is 23. The van der Waals surface area contributed by atoms with Gasteiger partial charge in [0, 0.05) is 48.7 Å². The number of fused-ring (bicyclic) bond motifs is 1. The van der Waals surface area contributed by atoms with Crippen molar-refractivity contribution in [1.29, 1.82) is 0 Å². The Morgan fingerprint density at radius 3 is 0.773 bits per heavy atom. The molecular weight excluding hydrogens is 2080 g/mol. The van der Waals surface area contributed by atoms with Crippen LogP contribution in [0.4, 0.5) is 24.0 Å². The predicted octanol–water partition coefficient (Wildman–Crippen LogP) is 35.1. The Labute approximate surface area is 913 Å². The van der Waals surface area contributed by atoms with E-state index < -0.39 is 58.8 Å². The number of methoxy groups -OCH3 is 1. The molecule has 0 aromatic heterocycles. The standard InChI is InChI=1S/C29H35O3S.C27H25O3S.C25H27O3S.C24H25O4S.C23H22IO3S/c1-20(2)25-18-24(19-26(21(3)4)27(25)31-28(30)32-29(5,6)7)33(22-14-10-8-11-15-22)23-16-12-9-13-17-23;1-27(2,3)30-26(28)29-24-18-19-25(23-17-11-10-16-22(23)24)31(20-12-6-4-7-13-20)21-14-8-5-9-15-21;1-18-16-20(27-24(26)28-25(3,4)5)17-19(2)23(18)29(21-12-8-6-9-13-21)22-14-10-7-11-15-22;1-24(2,3)28-23(25)27-19-12-16-22(17-13-19)29(20-8-6-5-7-9-20)21-14-10-18(26-4)11-15-21;1-23(2,3)27-22(25)26-18-11-15-21(16-12-18)28(19-7-5-4-6-8-19)20-13-9-17(24)10-14-20/h8-21H,1-7H3;4-19H,1-3H3;6-17H,1-5H3;5-17H,1-4H3;4-16H,1-3H3/q5*+1. The molecule has 16 aromatic carbocycles. The van der Waals surface area contributed by atoms with Crippen LogP contribution in [-0.2, 0) is 78.2 Å². The zero-order valence-electron chi connectivity index (χ0n) is 89.2. The molecule has 0 N–H and O–H groups in total. The molecule has 0 fully saturated rings. The Balaban J connectivity index is 0.000000166. The third-order valence-corrected chi connectivity index (χ3v) is 33.7. The van der Waals surface area contributed by atoms with Crippen molar-refractivity contribution in [2.75, 3.05) is 7.11 Å². The van der Waals surface area contributed by atoms with Gasteiger partial charge >= 0.3 is 30.8 Å². The maximum absolute atomic E-state index is 12.6. The molecule has 0 aliphatic heterocycles. The molecular formula is C128H134IO16S5+5. The second-order valence-electron chi connectivity index (χ2n) is 40.2. The highest BCUT2D eigenvalue weighted by Gasteiger charge is 2.39. The molecule has 0 amide bonds. The highest BCUT2D eigenvalue weighted by molar-refractivity contribution is 14.1. The lowest BCUT2D eigenvalue weighted by atomic mass is 9.94. The summed E-state index contributed by atoms with van der Waals surface area (Å²) < 4.78 is 60.5. The second kappa shape index (κ2) is 53.7. The Morgan fingerprint density at radius 1 is 0.240 bits per heavy atom. The van der Waals surface area contributed by atoms with Gasteiger partial charge < -0.3 is 52.1 Å². The van der Waals surface area contributed by atoms with E-state index in [4.69, 9.17) is 52.1 Å². The number of halogens is 1. The summed E-state index contributed by atoms with van der Waals surface area (Å²) in [6.45, 7) is 39.9. The first-order chi connectivity index (χ1) is 71.4. The normalized spacial score (nSPS) is 11.8. The molecule has 16 rings (SSSR count). The Kier molecular flexibility index (Phi) is 41.2. The van der Waals surface area contributed by atoms with Crippen molar-refractivity contribution >= 4 is 119 Å². The predicted molar refractivity (Wildman–Crippen MR) is 616 cm³/mol. The van der Waals surface area contributed by atoms with Crippen LogP contribution < -0.4 is 28.4 Å². The molecule has 774 valence electrons. The highest BCUT2D eigenvalue weighted by atomic mass is 127. The van der Waals surface area contributed by atoms with Crippen molar-refractivity contribution < 1.29 is 76.1 Å². The zero-order valence-corrected chi connectivity index (χ0v) is 95.5. The number of hydrogen-bond donors (Lipinski definition) is 0. The third-order valence-electron chi connectivity index (χ3n) is 21.5. The van der Waals surface area contributed by atoms with E-state index in [-0.39, 0.29) is 66.3 Å². The summed E-state index contributed by atoms with van der Waals surface area (Å²) in [5.74, 6) is 3.73. The average molecular weight is 2220 g/mol. The van der Waals surface area contributed by atoms with Gasteiger partial charge in [0.1, 0.15) is 62.5 Å². The highest BCUT2D eigenvalue weighted by Crippen LogP contribution is 2.45. The van der Waals surface area contributed by atoms with E-state index >= 15 is 0 Å². The molecule has 0 spiro atoms. The van der Waals surface area contributed by atoms with E-state index in [2.05, 4.69) is 307 Å². The van der Waals surface area contributed by atoms with Gasteiger partial charge in [-0.05, 0) is 377 Å². The zero-order chi connectivity index (χ0) is 108. The van der Waals surface area contributed by atoms with E-state index in [9.17, 15) is 24.0 Å². The van der Waals surface area contributed by atoms with Crippen LogP contribution >= 0.6 is 22.6 Å². The van der Waals surface area contributed by atoms with Gasteiger partial charge in [-0.2, -0.15) is 0 Å². The topological polar surface area (TPSA) is 187 Å². The number of aryl methyl sites for hydroxylation is 2. The molecule has 0 heterocycles. The lowest BCUT2D eigenvalue weighted by molar-refractivity contribution is 0.0189. The summed E-state index contributed by atoms with van der Waals surface area (Å²) in [6.07, 6.45) is -3.45. The number of benzene rings is 16. The summed E-state index contributed by atoms with van der Waals surface area (Å²) in [6, 6.07) is 136. The third kappa shape index (κ3) is 35.0. The van der Waals surface area contributed by atoms with Crippen LogP contribution in [0, 0.1) is 17.4 Å². The molecule has 16 nitrogen and oxygen atoms in total. The van der Waals surface area contributed by atoms with E-state index in [1.165, 1.54) is 67.2 Å². The van der Waals surface area contributed by atoms with Crippen LogP contribution in [-0.4, -0.2) is 65.9 Å². The minimum atomic E-state index is -0.706. The Hall–Kier alpha value is -13.6. The smallest absolute Gasteiger partial charge is 0.497 e. The number of carbonyl (C=O) groups is 5. The first-order valence-corrected chi connectivity index (χ1v) is 56.7. The first-order valence-electron chi connectivity index (χ1n) is 49.5. The van der Waals surface area contributed by atoms with Gasteiger partial charge in [-0.15, -0.1) is 0 Å². The second-order valence-corrected chi connectivity index (χ2v) is 51.5. The largest absolute Gasteiger partial charge is 0.514 e. The Bertz CT molecular complexity index is 6880. The molecule has 0 radical (unpaired) electrons. The first kappa shape index (κ1) is 115. The molecule has 22 heteroatoms. The number of hydrogen-bond acceptors (Lipinski definition) is 16. The van der Waals surface area contributed by atoms with Crippen molar-refractivity contribution in [2.45, 2.75) is 259 Å². The molecule has 2 unspecified atom stereocenters. The van der Waals surface area contributed by atoms with Crippen molar-refractivity contribution in [3.05, 3.63) is 426 Å². The average Bonchev–Trinajstić information content (AvgIpc) is 0.765. The number of ether oxygens (including phenoxy) is 11. The van der Waals surface area contributed by atoms with E-state index in [1.54, 1.807) is 40.0 Å². The van der Waals surface area contributed by atoms with E-state index in [0.29, 0.717) is 28.7 Å². The summed E-state index contributed by atoms with van der Waals surface area (Å²) in [5.41, 5.74) is 1.22.